The molecule has 3 rings (SSSR count). The summed E-state index contributed by atoms with van der Waals surface area (Å²) < 4.78 is 6.94. The van der Waals surface area contributed by atoms with E-state index in [1.807, 2.05) is 23.8 Å². The number of benzene rings is 1. The van der Waals surface area contributed by atoms with Gasteiger partial charge >= 0.3 is 6.03 Å². The minimum atomic E-state index is -0.333. The van der Waals surface area contributed by atoms with Crippen molar-refractivity contribution >= 4 is 29.1 Å². The molecule has 0 aliphatic carbocycles. The molecule has 0 saturated heterocycles. The van der Waals surface area contributed by atoms with Crippen molar-refractivity contribution in [2.45, 2.75) is 6.92 Å². The zero-order valence-corrected chi connectivity index (χ0v) is 16.2. The number of hydrogen-bond acceptors (Lipinski definition) is 6. The maximum atomic E-state index is 12.0. The maximum absolute atomic E-state index is 12.0. The minimum absolute atomic E-state index is 0.333. The van der Waals surface area contributed by atoms with E-state index < -0.39 is 0 Å². The van der Waals surface area contributed by atoms with Gasteiger partial charge in [0.2, 0.25) is 0 Å². The molecule has 0 spiro atoms. The van der Waals surface area contributed by atoms with Gasteiger partial charge in [-0.25, -0.2) is 19.7 Å². The van der Waals surface area contributed by atoms with Crippen molar-refractivity contribution in [3.8, 4) is 11.6 Å². The number of carbonyl (C=O) groups is 1. The Labute approximate surface area is 167 Å². The quantitative estimate of drug-likeness (QED) is 0.525. The monoisotopic (exact) mass is 401 g/mol. The molecule has 0 saturated carbocycles. The first kappa shape index (κ1) is 19.4. The fraction of sp³-hybridized carbons (Fsp3) is 0.222. The second-order valence-electron chi connectivity index (χ2n) is 5.76. The Morgan fingerprint density at radius 3 is 2.79 bits per heavy atom. The third-order valence-electron chi connectivity index (χ3n) is 3.85. The van der Waals surface area contributed by atoms with E-state index in [2.05, 4.69) is 30.9 Å². The first-order valence-corrected chi connectivity index (χ1v) is 8.89. The first-order chi connectivity index (χ1) is 13.6. The number of aryl methyl sites for hydroxylation is 1. The van der Waals surface area contributed by atoms with Crippen molar-refractivity contribution in [2.75, 3.05) is 30.8 Å². The number of halogens is 1. The van der Waals surface area contributed by atoms with Gasteiger partial charge in [0.1, 0.15) is 29.5 Å². The summed E-state index contributed by atoms with van der Waals surface area (Å²) in [6, 6.07) is 6.50. The van der Waals surface area contributed by atoms with Gasteiger partial charge in [0.05, 0.1) is 12.1 Å². The molecule has 1 aromatic carbocycles. The molecule has 0 unspecified atom stereocenters. The molecule has 0 bridgehead atoms. The standard InChI is InChI=1S/C18H20ClN7O2/c1-12-20-7-8-26(12)17-10-16(23-11-24-17)21-5-6-22-18(27)25-13-3-4-15(28-2)14(19)9-13/h3-4,7-11H,5-6H2,1-2H3,(H,21,23,24)(H2,22,25,27). The highest BCUT2D eigenvalue weighted by atomic mass is 35.5. The SMILES string of the molecule is COc1ccc(NC(=O)NCCNc2cc(-n3ccnc3C)ncn2)cc1Cl. The third-order valence-corrected chi connectivity index (χ3v) is 4.15. The van der Waals surface area contributed by atoms with E-state index in [1.54, 1.807) is 24.4 Å². The summed E-state index contributed by atoms with van der Waals surface area (Å²) in [4.78, 5) is 24.6. The van der Waals surface area contributed by atoms with Gasteiger partial charge < -0.3 is 20.7 Å². The second-order valence-corrected chi connectivity index (χ2v) is 6.17. The zero-order valence-electron chi connectivity index (χ0n) is 15.4. The molecule has 0 aliphatic rings. The Morgan fingerprint density at radius 2 is 2.07 bits per heavy atom. The number of amides is 2. The molecule has 2 amide bonds. The molecular weight excluding hydrogens is 382 g/mol. The number of hydrogen-bond donors (Lipinski definition) is 3. The van der Waals surface area contributed by atoms with Crippen LogP contribution in [-0.2, 0) is 0 Å². The molecular formula is C18H20ClN7O2. The fourth-order valence-electron chi connectivity index (χ4n) is 2.48. The van der Waals surface area contributed by atoms with Gasteiger partial charge in [0, 0.05) is 37.2 Å². The van der Waals surface area contributed by atoms with Crippen LogP contribution in [0.1, 0.15) is 5.82 Å². The number of imidazole rings is 1. The fourth-order valence-corrected chi connectivity index (χ4v) is 2.74. The Morgan fingerprint density at radius 1 is 1.21 bits per heavy atom. The van der Waals surface area contributed by atoms with E-state index in [4.69, 9.17) is 16.3 Å². The van der Waals surface area contributed by atoms with Crippen molar-refractivity contribution in [3.05, 3.63) is 53.8 Å². The normalized spacial score (nSPS) is 10.4. The van der Waals surface area contributed by atoms with E-state index in [-0.39, 0.29) is 6.03 Å². The maximum Gasteiger partial charge on any atom is 0.319 e. The van der Waals surface area contributed by atoms with Crippen LogP contribution in [-0.4, -0.2) is 45.7 Å². The van der Waals surface area contributed by atoms with Gasteiger partial charge in [0.25, 0.3) is 0 Å². The highest BCUT2D eigenvalue weighted by Crippen LogP contribution is 2.27. The number of rotatable bonds is 7. The van der Waals surface area contributed by atoms with Crippen molar-refractivity contribution in [2.24, 2.45) is 0 Å². The minimum Gasteiger partial charge on any atom is -0.495 e. The van der Waals surface area contributed by atoms with Crippen molar-refractivity contribution in [1.82, 2.24) is 24.8 Å². The van der Waals surface area contributed by atoms with Crippen LogP contribution in [0.25, 0.3) is 5.82 Å². The van der Waals surface area contributed by atoms with Crippen LogP contribution in [0.5, 0.6) is 5.75 Å². The lowest BCUT2D eigenvalue weighted by Gasteiger charge is -2.11. The van der Waals surface area contributed by atoms with Crippen LogP contribution >= 0.6 is 11.6 Å². The number of nitrogens with zero attached hydrogens (tertiary/aromatic N) is 4. The molecule has 0 atom stereocenters. The topological polar surface area (TPSA) is 106 Å². The highest BCUT2D eigenvalue weighted by molar-refractivity contribution is 6.32. The summed E-state index contributed by atoms with van der Waals surface area (Å²) in [7, 11) is 1.53. The molecule has 2 heterocycles. The lowest BCUT2D eigenvalue weighted by atomic mass is 10.3. The van der Waals surface area contributed by atoms with Crippen LogP contribution in [0.2, 0.25) is 5.02 Å². The van der Waals surface area contributed by atoms with Gasteiger partial charge in [-0.1, -0.05) is 11.6 Å². The van der Waals surface area contributed by atoms with Gasteiger partial charge in [0.15, 0.2) is 0 Å². The summed E-state index contributed by atoms with van der Waals surface area (Å²) in [5.41, 5.74) is 0.576. The van der Waals surface area contributed by atoms with Crippen LogP contribution in [0.4, 0.5) is 16.3 Å². The number of nitrogens with one attached hydrogen (secondary N) is 3. The second kappa shape index (κ2) is 9.05. The van der Waals surface area contributed by atoms with E-state index in [9.17, 15) is 4.79 Å². The van der Waals surface area contributed by atoms with Crippen LogP contribution < -0.4 is 20.7 Å². The number of urea groups is 1. The average molecular weight is 402 g/mol. The number of methoxy groups -OCH3 is 1. The van der Waals surface area contributed by atoms with Crippen molar-refractivity contribution < 1.29 is 9.53 Å². The molecule has 3 aromatic rings. The van der Waals surface area contributed by atoms with E-state index in [1.165, 1.54) is 13.4 Å². The van der Waals surface area contributed by atoms with E-state index in [0.717, 1.165) is 11.6 Å². The number of anilines is 2. The van der Waals surface area contributed by atoms with Crippen molar-refractivity contribution in [1.29, 1.82) is 0 Å². The first-order valence-electron chi connectivity index (χ1n) is 8.51. The summed E-state index contributed by atoms with van der Waals surface area (Å²) in [5, 5.41) is 9.04. The van der Waals surface area contributed by atoms with Gasteiger partial charge in [-0.3, -0.25) is 4.57 Å². The van der Waals surface area contributed by atoms with Crippen LogP contribution in [0, 0.1) is 6.92 Å². The molecule has 0 fully saturated rings. The molecule has 0 aliphatic heterocycles. The lowest BCUT2D eigenvalue weighted by molar-refractivity contribution is 0.252. The third kappa shape index (κ3) is 4.89. The molecule has 2 aromatic heterocycles. The smallest absolute Gasteiger partial charge is 0.319 e. The molecule has 0 radical (unpaired) electrons. The number of carbonyl (C=O) groups excluding carboxylic acids is 1. The van der Waals surface area contributed by atoms with E-state index in [0.29, 0.717) is 35.4 Å². The Balaban J connectivity index is 1.46. The Kier molecular flexibility index (Phi) is 6.28. The lowest BCUT2D eigenvalue weighted by Crippen LogP contribution is -2.32. The van der Waals surface area contributed by atoms with Crippen LogP contribution in [0.3, 0.4) is 0 Å². The van der Waals surface area contributed by atoms with Gasteiger partial charge in [-0.15, -0.1) is 0 Å². The average Bonchev–Trinajstić information content (AvgIpc) is 3.12. The van der Waals surface area contributed by atoms with Crippen molar-refractivity contribution in [3.63, 3.8) is 0 Å². The summed E-state index contributed by atoms with van der Waals surface area (Å²) in [5.74, 6) is 2.75. The van der Waals surface area contributed by atoms with Crippen LogP contribution in [0.15, 0.2) is 43.0 Å². The van der Waals surface area contributed by atoms with E-state index >= 15 is 0 Å². The number of aromatic nitrogens is 4. The molecule has 28 heavy (non-hydrogen) atoms. The largest absolute Gasteiger partial charge is 0.495 e. The summed E-state index contributed by atoms with van der Waals surface area (Å²) >= 11 is 6.04. The summed E-state index contributed by atoms with van der Waals surface area (Å²) in [6.07, 6.45) is 5.02. The van der Waals surface area contributed by atoms with Gasteiger partial charge in [-0.2, -0.15) is 0 Å². The zero-order chi connectivity index (χ0) is 19.9. The van der Waals surface area contributed by atoms with Gasteiger partial charge in [-0.05, 0) is 25.1 Å². The highest BCUT2D eigenvalue weighted by Gasteiger charge is 2.06. The molecule has 3 N–H and O–H groups in total. The molecule has 9 nitrogen and oxygen atoms in total. The molecule has 10 heteroatoms. The number of ether oxygens (including phenoxy) is 1. The molecule has 146 valence electrons. The Bertz CT molecular complexity index is 961. The summed E-state index contributed by atoms with van der Waals surface area (Å²) in [6.45, 7) is 2.79. The predicted octanol–water partition coefficient (Wildman–Crippen LogP) is 2.87. The Hall–Kier alpha value is -3.33. The predicted molar refractivity (Wildman–Crippen MR) is 107 cm³/mol.